The number of aromatic amines is 2. The molecule has 122 heavy (non-hydrogen) atoms. The smallest absolute Gasteiger partial charge is 0.305 e. The van der Waals surface area contributed by atoms with Gasteiger partial charge < -0.3 is 101 Å². The summed E-state index contributed by atoms with van der Waals surface area (Å²) in [6.07, 6.45) is -3.08. The van der Waals surface area contributed by atoms with E-state index in [0.717, 1.165) is 73.1 Å². The van der Waals surface area contributed by atoms with Gasteiger partial charge in [0.15, 0.2) is 17.4 Å². The molecule has 4 aromatic carbocycles. The van der Waals surface area contributed by atoms with Crippen molar-refractivity contribution in [3.8, 4) is 16.9 Å². The molecule has 0 saturated heterocycles. The minimum absolute atomic E-state index is 0. The van der Waals surface area contributed by atoms with Gasteiger partial charge in [-0.3, -0.25) is 67.1 Å². The number of carboxylic acids is 1. The van der Waals surface area contributed by atoms with Crippen molar-refractivity contribution in [2.24, 2.45) is 28.3 Å². The fourth-order valence-electron chi connectivity index (χ4n) is 13.1. The number of primary amides is 2. The summed E-state index contributed by atoms with van der Waals surface area (Å²) >= 11 is 0. The number of carboxylic acid groups (broad SMARTS) is 1. The number of nitrogens with one attached hydrogen (secondary N) is 11. The Kier molecular flexibility index (Phi) is 42.6. The van der Waals surface area contributed by atoms with Crippen molar-refractivity contribution < 1.29 is 96.7 Å². The first kappa shape index (κ1) is 103. The van der Waals surface area contributed by atoms with Crippen LogP contribution in [-0.4, -0.2) is 226 Å². The number of H-pyrrole nitrogens is 2. The summed E-state index contributed by atoms with van der Waals surface area (Å²) in [5, 5.41) is 77.9. The molecular weight excluding hydrogens is 1630 g/mol. The topological polar surface area (TPSA) is 625 Å². The summed E-state index contributed by atoms with van der Waals surface area (Å²) in [5.41, 5.74) is 26.8. The molecule has 0 saturated carbocycles. The first-order valence-corrected chi connectivity index (χ1v) is 39.3. The molecule has 0 spiro atoms. The summed E-state index contributed by atoms with van der Waals surface area (Å²) in [4.78, 5) is 199. The number of amides is 11. The first-order valence-electron chi connectivity index (χ1n) is 39.3. The Morgan fingerprint density at radius 2 is 1.23 bits per heavy atom. The summed E-state index contributed by atoms with van der Waals surface area (Å²) in [7, 11) is 0. The maximum absolute atomic E-state index is 15.6. The fraction of sp³-hybridized carbons (Fsp3) is 0.481. The van der Waals surface area contributed by atoms with Gasteiger partial charge in [0.1, 0.15) is 59.9 Å². The van der Waals surface area contributed by atoms with Gasteiger partial charge in [0.2, 0.25) is 65.0 Å². The quantitative estimate of drug-likeness (QED) is 0.0194. The second-order valence-corrected chi connectivity index (χ2v) is 29.9. The highest BCUT2D eigenvalue weighted by Gasteiger charge is 2.43. The minimum Gasteiger partial charge on any atom is -0.494 e. The molecule has 11 amide bonds. The molecule has 23 N–H and O–H groups in total. The molecule has 2 heterocycles. The third-order valence-corrected chi connectivity index (χ3v) is 19.7. The third kappa shape index (κ3) is 33.1. The van der Waals surface area contributed by atoms with E-state index in [1.807, 2.05) is 57.2 Å². The van der Waals surface area contributed by atoms with Gasteiger partial charge in [-0.15, -0.1) is 10.2 Å². The van der Waals surface area contributed by atoms with Crippen LogP contribution in [0.15, 0.2) is 97.5 Å². The number of nitrogens with zero attached hydrogens (tertiary/aromatic N) is 4. The lowest BCUT2D eigenvalue weighted by Gasteiger charge is -2.33. The van der Waals surface area contributed by atoms with Crippen LogP contribution in [-0.2, 0) is 106 Å². The molecule has 666 valence electrons. The van der Waals surface area contributed by atoms with Crippen LogP contribution in [0.4, 0.5) is 4.39 Å². The maximum atomic E-state index is 15.6. The predicted octanol–water partition coefficient (Wildman–Crippen LogP) is -1.45. The first-order chi connectivity index (χ1) is 56.9. The summed E-state index contributed by atoms with van der Waals surface area (Å²) in [5.74, 6) is -15.3. The van der Waals surface area contributed by atoms with Gasteiger partial charge in [-0.25, -0.2) is 9.37 Å². The Balaban J connectivity index is 0.0000156. The van der Waals surface area contributed by atoms with Crippen molar-refractivity contribution in [2.75, 3.05) is 19.8 Å². The maximum Gasteiger partial charge on any atom is 0.305 e. The summed E-state index contributed by atoms with van der Waals surface area (Å²) in [6, 6.07) is 7.17. The number of rotatable bonds is 52. The number of aliphatic hydroxyl groups excluding tert-OH is 3. The molecular formula is C81H114FN19O19S2. The Bertz CT molecular complexity index is 4510. The average Bonchev–Trinajstić information content (AvgIpc) is 0.888. The van der Waals surface area contributed by atoms with Crippen LogP contribution in [0.25, 0.3) is 11.1 Å². The average molecular weight is 1740 g/mol. The van der Waals surface area contributed by atoms with Crippen LogP contribution in [0.5, 0.6) is 5.75 Å². The minimum atomic E-state index is -2.18. The molecule has 0 fully saturated rings. The summed E-state index contributed by atoms with van der Waals surface area (Å²) in [6.45, 7) is 10.2. The number of aliphatic carboxylic acids is 1. The number of hydrogen-bond acceptors (Lipinski definition) is 24. The molecule has 41 heteroatoms. The van der Waals surface area contributed by atoms with Crippen LogP contribution < -0.4 is 75.5 Å². The predicted molar refractivity (Wildman–Crippen MR) is 452 cm³/mol. The number of nitrogens with two attached hydrogens (primary N) is 4. The van der Waals surface area contributed by atoms with E-state index in [4.69, 9.17) is 27.7 Å². The molecule has 0 bridgehead atoms. The lowest BCUT2D eigenvalue weighted by atomic mass is 9.76. The zero-order chi connectivity index (χ0) is 88.5. The van der Waals surface area contributed by atoms with E-state index in [0.29, 0.717) is 49.4 Å². The van der Waals surface area contributed by atoms with Crippen LogP contribution in [0.1, 0.15) is 144 Å². The normalized spacial score (nSPS) is 14.5. The van der Waals surface area contributed by atoms with E-state index in [1.54, 1.807) is 24.3 Å². The molecule has 0 unspecified atom stereocenters. The van der Waals surface area contributed by atoms with Gasteiger partial charge in [0, 0.05) is 51.1 Å². The SMILES string of the molecule is CCc1cc(OCCCCN)ccc1-c1ccc(C[C@H](NC(=O)[C@H](CC(=O)O)NC(=O)[C@H](CO)NC(=O)[C@@H](NC(=O)[C@@](C)(CC(=O)[C@@H](NC(=O)CCC(=O)[C@H](Cc2nn[nH]n2)NC(=O)[C@H](C)NC(=O)[C@H](Cc2c[nH]cn2)NC(=O)[C@@H](N)CCC(N)=O)[C@@H](C)O)Cc2ccccc2F)[C@@H](C)O)C(=O)N[C@@H](CCCc2cc(C)cc(C)c2)C(N)=O)cc1.S.S. The second-order valence-electron chi connectivity index (χ2n) is 29.9. The number of tetrazole rings is 1. The van der Waals surface area contributed by atoms with E-state index < -0.39 is 212 Å². The van der Waals surface area contributed by atoms with E-state index in [1.165, 1.54) is 37.6 Å². The van der Waals surface area contributed by atoms with Crippen molar-refractivity contribution >= 4 is 110 Å². The molecule has 6 rings (SSSR count). The zero-order valence-electron chi connectivity index (χ0n) is 69.0. The number of ether oxygens (including phenoxy) is 1. The number of aryl methyl sites for hydroxylation is 4. The van der Waals surface area contributed by atoms with Crippen LogP contribution in [0.2, 0.25) is 0 Å². The lowest BCUT2D eigenvalue weighted by molar-refractivity contribution is -0.142. The molecule has 13 atom stereocenters. The number of carbonyl (C=O) groups is 14. The molecule has 6 aromatic rings. The number of Topliss-reactive ketones (excluding diaryl/α,β-unsaturated/α-hetero) is 2. The van der Waals surface area contributed by atoms with E-state index >= 15 is 4.39 Å². The Morgan fingerprint density at radius 3 is 1.83 bits per heavy atom. The third-order valence-electron chi connectivity index (χ3n) is 19.7. The molecule has 0 aliphatic heterocycles. The van der Waals surface area contributed by atoms with Gasteiger partial charge >= 0.3 is 5.97 Å². The van der Waals surface area contributed by atoms with E-state index in [9.17, 15) is 87.5 Å². The van der Waals surface area contributed by atoms with E-state index in [-0.39, 0.29) is 70.5 Å². The number of unbranched alkanes of at least 4 members (excludes halogenated alkanes) is 1. The number of hydrogen-bond donors (Lipinski definition) is 19. The highest BCUT2D eigenvalue weighted by molar-refractivity contribution is 7.59. The van der Waals surface area contributed by atoms with Gasteiger partial charge in [-0.05, 0) is 144 Å². The number of carbonyl (C=O) groups excluding carboxylic acids is 13. The number of aliphatic hydroxyl groups is 3. The van der Waals surface area contributed by atoms with Crippen molar-refractivity contribution in [1.82, 2.24) is 78.4 Å². The van der Waals surface area contributed by atoms with Crippen molar-refractivity contribution in [1.29, 1.82) is 0 Å². The zero-order valence-corrected chi connectivity index (χ0v) is 71.0. The van der Waals surface area contributed by atoms with Gasteiger partial charge in [0.05, 0.1) is 61.4 Å². The molecule has 0 aliphatic carbocycles. The number of imidazole rings is 1. The highest BCUT2D eigenvalue weighted by Crippen LogP contribution is 2.32. The molecule has 0 aliphatic rings. The largest absolute Gasteiger partial charge is 0.494 e. The van der Waals surface area contributed by atoms with Crippen LogP contribution in [0.3, 0.4) is 0 Å². The van der Waals surface area contributed by atoms with Crippen LogP contribution >= 0.6 is 27.0 Å². The van der Waals surface area contributed by atoms with Crippen molar-refractivity contribution in [2.45, 2.75) is 224 Å². The van der Waals surface area contributed by atoms with Crippen molar-refractivity contribution in [3.63, 3.8) is 0 Å². The Morgan fingerprint density at radius 1 is 0.615 bits per heavy atom. The summed E-state index contributed by atoms with van der Waals surface area (Å²) < 4.78 is 21.6. The number of aromatic nitrogens is 6. The number of halogens is 1. The number of benzene rings is 4. The van der Waals surface area contributed by atoms with Gasteiger partial charge in [0.25, 0.3) is 0 Å². The van der Waals surface area contributed by atoms with Gasteiger partial charge in [-0.1, -0.05) is 96.9 Å². The Hall–Kier alpha value is -11.6. The standard InChI is InChI=1S/C81H110FN19O19.2H2S/c1-8-50-34-54(120-29-12-11-28-83)22-23-55(50)51-20-18-48(19-21-51)33-60(76(115)90-58(72(86)111)17-13-14-49-31-43(2)30-44(3)32-49)93-77(116)62(37-69(109)110)94-78(117)63(41-102)95-79(118)71(47(6)104)97-80(119)81(7,38-52-15-9-10-16-56(52)82)39-65(106)70(46(5)103)96-68(108)27-25-64(105)59(36-67-98-100-101-99-67)91-73(112)45(4)89-75(114)61(35-53-40-87-42-88-53)92-74(113)57(84)24-26-66(85)107;;/h9-10,15-16,18-23,30-32,34,40,42,45-47,57-63,70-71,102-104H,8,11-14,17,24-29,33,35-39,41,83-84H2,1-7H3,(H2,85,107)(H2,86,111)(H,87,88)(H,89,114)(H,90,115)(H,91,112)(H,92,113)(H,93,116)(H,94,117)(H,95,118)(H,96,108)(H,97,119)(H,109,110)(H,98,99,100,101);2*1H2/t45-,46+,47+,57-,58-,59-,60-,61-,62-,63-,70-,71-,81+;;/m0../s1. The fourth-order valence-corrected chi connectivity index (χ4v) is 13.1. The van der Waals surface area contributed by atoms with Crippen molar-refractivity contribution in [3.05, 3.63) is 148 Å². The monoisotopic (exact) mass is 1740 g/mol. The second kappa shape index (κ2) is 50.6. The lowest BCUT2D eigenvalue weighted by Crippen LogP contribution is -2.62. The molecule has 2 aromatic heterocycles. The van der Waals surface area contributed by atoms with Gasteiger partial charge in [-0.2, -0.15) is 32.2 Å². The van der Waals surface area contributed by atoms with Crippen LogP contribution in [0, 0.1) is 25.1 Å². The molecule has 38 nitrogen and oxygen atoms in total. The Labute approximate surface area is 718 Å². The molecule has 0 radical (unpaired) electrons. The van der Waals surface area contributed by atoms with E-state index in [2.05, 4.69) is 78.4 Å². The number of ketones is 2. The highest BCUT2D eigenvalue weighted by atomic mass is 32.1.